The van der Waals surface area contributed by atoms with E-state index in [0.29, 0.717) is 39.4 Å². The van der Waals surface area contributed by atoms with Crippen LogP contribution in [0, 0.1) is 23.2 Å². The lowest BCUT2D eigenvalue weighted by atomic mass is 9.39. The Labute approximate surface area is 298 Å². The van der Waals surface area contributed by atoms with E-state index in [2.05, 4.69) is 34.1 Å². The first-order chi connectivity index (χ1) is 24.3. The highest BCUT2D eigenvalue weighted by atomic mass is 32.1. The van der Waals surface area contributed by atoms with Gasteiger partial charge in [-0.2, -0.15) is 5.10 Å². The van der Waals surface area contributed by atoms with Crippen molar-refractivity contribution in [1.82, 2.24) is 24.7 Å². The van der Waals surface area contributed by atoms with E-state index in [1.54, 1.807) is 18.5 Å². The fourth-order valence-electron chi connectivity index (χ4n) is 10.8. The third-order valence-electron chi connectivity index (χ3n) is 11.5. The summed E-state index contributed by atoms with van der Waals surface area (Å²) in [5.74, 6) is -1.47. The predicted octanol–water partition coefficient (Wildman–Crippen LogP) is 8.14. The fourth-order valence-corrected chi connectivity index (χ4v) is 11.7. The highest BCUT2D eigenvalue weighted by molar-refractivity contribution is 7.22. The van der Waals surface area contributed by atoms with Gasteiger partial charge in [0.2, 0.25) is 0 Å². The van der Waals surface area contributed by atoms with Crippen LogP contribution in [0.3, 0.4) is 0 Å². The van der Waals surface area contributed by atoms with Crippen LogP contribution in [0.1, 0.15) is 78.9 Å². The van der Waals surface area contributed by atoms with Crippen LogP contribution < -0.4 is 5.32 Å². The van der Waals surface area contributed by atoms with E-state index in [4.69, 9.17) is 5.10 Å². The average Bonchev–Trinajstić information content (AvgIpc) is 3.63. The Morgan fingerprint density at radius 2 is 1.69 bits per heavy atom. The van der Waals surface area contributed by atoms with Crippen molar-refractivity contribution in [3.63, 3.8) is 0 Å². The summed E-state index contributed by atoms with van der Waals surface area (Å²) < 4.78 is 2.99. The van der Waals surface area contributed by atoms with E-state index in [9.17, 15) is 19.8 Å². The van der Waals surface area contributed by atoms with Gasteiger partial charge in [-0.1, -0.05) is 49.4 Å². The number of carboxylic acids is 1. The Bertz CT molecular complexity index is 2350. The van der Waals surface area contributed by atoms with Crippen molar-refractivity contribution in [2.24, 2.45) is 16.2 Å². The molecule has 4 heterocycles. The Hall–Kier alpha value is -5.00. The number of aromatic nitrogens is 5. The number of aliphatic hydroxyl groups is 1. The summed E-state index contributed by atoms with van der Waals surface area (Å²) in [6.07, 6.45) is 10.8. The number of fused-ring (bicyclic) bond motifs is 2. The van der Waals surface area contributed by atoms with Crippen LogP contribution in [0.4, 0.5) is 5.13 Å². The van der Waals surface area contributed by atoms with Crippen molar-refractivity contribution in [3.05, 3.63) is 90.1 Å². The Balaban J connectivity index is 1.02. The maximum absolute atomic E-state index is 13.5. The number of benzene rings is 2. The highest BCUT2D eigenvalue weighted by Gasteiger charge is 2.65. The molecule has 2 aromatic carbocycles. The first-order valence-electron chi connectivity index (χ1n) is 17.4. The van der Waals surface area contributed by atoms with Crippen LogP contribution in [0.15, 0.2) is 73.2 Å². The molecule has 2 atom stereocenters. The minimum Gasteiger partial charge on any atom is -0.476 e. The van der Waals surface area contributed by atoms with E-state index in [-0.39, 0.29) is 27.8 Å². The molecule has 51 heavy (non-hydrogen) atoms. The molecule has 258 valence electrons. The molecule has 11 heteroatoms. The van der Waals surface area contributed by atoms with Crippen LogP contribution >= 0.6 is 11.3 Å². The second-order valence-corrected chi connectivity index (χ2v) is 17.2. The van der Waals surface area contributed by atoms with Gasteiger partial charge >= 0.3 is 5.97 Å². The van der Waals surface area contributed by atoms with Gasteiger partial charge in [-0.15, -0.1) is 0 Å². The second-order valence-electron chi connectivity index (χ2n) is 16.2. The Morgan fingerprint density at radius 3 is 2.43 bits per heavy atom. The van der Waals surface area contributed by atoms with Crippen molar-refractivity contribution in [1.29, 1.82) is 0 Å². The molecule has 0 aliphatic heterocycles. The lowest BCUT2D eigenvalue weighted by Crippen LogP contribution is -2.63. The number of hydrogen-bond donors (Lipinski definition) is 3. The first-order valence-corrected chi connectivity index (χ1v) is 18.2. The smallest absolute Gasteiger partial charge is 0.355 e. The van der Waals surface area contributed by atoms with Gasteiger partial charge in [-0.05, 0) is 97.4 Å². The van der Waals surface area contributed by atoms with E-state index < -0.39 is 11.6 Å². The van der Waals surface area contributed by atoms with Crippen molar-refractivity contribution < 1.29 is 19.8 Å². The number of carbonyl (C=O) groups is 2. The fraction of sp³-hybridized carbons (Fsp3) is 0.350. The van der Waals surface area contributed by atoms with Crippen molar-refractivity contribution in [2.75, 3.05) is 5.32 Å². The number of nitrogens with one attached hydrogen (secondary N) is 1. The number of hydrogen-bond acceptors (Lipinski definition) is 8. The third kappa shape index (κ3) is 5.41. The summed E-state index contributed by atoms with van der Waals surface area (Å²) >= 11 is 1.40. The van der Waals surface area contributed by atoms with E-state index in [1.807, 2.05) is 60.1 Å². The van der Waals surface area contributed by atoms with Crippen LogP contribution in [-0.4, -0.2) is 52.4 Å². The minimum atomic E-state index is -1.14. The number of amides is 1. The lowest BCUT2D eigenvalue weighted by Gasteiger charge is -2.68. The van der Waals surface area contributed by atoms with Gasteiger partial charge in [0, 0.05) is 46.7 Å². The summed E-state index contributed by atoms with van der Waals surface area (Å²) in [5, 5.41) is 31.6. The van der Waals surface area contributed by atoms with Gasteiger partial charge in [-0.25, -0.2) is 14.8 Å². The number of carboxylic acid groups (broad SMARTS) is 1. The van der Waals surface area contributed by atoms with Gasteiger partial charge in [0.1, 0.15) is 0 Å². The molecule has 3 N–H and O–H groups in total. The van der Waals surface area contributed by atoms with Crippen LogP contribution in [0.2, 0.25) is 0 Å². The standard InChI is InChI=1S/C40H38N6O4S/c1-23-28(15-42-46(23)22-39-17-37(2)16-38(3,18-39)20-40(50,19-37)21-39)26-10-11-30(43-33(26)35(48)49)24-8-9-25-13-41-14-29(27(25)12-24)34(47)45-36-44-31-6-4-5-7-32(31)51-36/h4-15,50H,16-22H2,1-3H3,(H,48,49)(H,44,45,47). The van der Waals surface area contributed by atoms with Crippen molar-refractivity contribution >= 4 is 49.3 Å². The van der Waals surface area contributed by atoms with Gasteiger partial charge in [0.05, 0.1) is 33.3 Å². The SMILES string of the molecule is Cc1c(-c2ccc(-c3ccc4cncc(C(=O)Nc5nc6ccccc6s5)c4c3)nc2C(=O)O)cnn1CC12CC3(C)CC(C)(CC(O)(C3)C1)C2. The van der Waals surface area contributed by atoms with Crippen LogP contribution in [0.25, 0.3) is 43.4 Å². The number of pyridine rings is 2. The molecule has 0 saturated heterocycles. The molecule has 4 fully saturated rings. The van der Waals surface area contributed by atoms with E-state index in [0.717, 1.165) is 65.4 Å². The first kappa shape index (κ1) is 31.9. The number of thiazole rings is 1. The zero-order chi connectivity index (χ0) is 35.3. The topological polar surface area (TPSA) is 143 Å². The summed E-state index contributed by atoms with van der Waals surface area (Å²) in [5.41, 5.74) is 3.95. The summed E-state index contributed by atoms with van der Waals surface area (Å²) in [4.78, 5) is 39.7. The zero-order valence-electron chi connectivity index (χ0n) is 28.7. The molecular formula is C40H38N6O4S. The summed E-state index contributed by atoms with van der Waals surface area (Å²) in [7, 11) is 0. The van der Waals surface area contributed by atoms with Gasteiger partial charge in [-0.3, -0.25) is 19.8 Å². The molecule has 2 unspecified atom stereocenters. The highest BCUT2D eigenvalue weighted by Crippen LogP contribution is 2.71. The van der Waals surface area contributed by atoms with Crippen molar-refractivity contribution in [3.8, 4) is 22.4 Å². The van der Waals surface area contributed by atoms with E-state index >= 15 is 0 Å². The lowest BCUT2D eigenvalue weighted by molar-refractivity contribution is -0.229. The maximum atomic E-state index is 13.5. The monoisotopic (exact) mass is 698 g/mol. The predicted molar refractivity (Wildman–Crippen MR) is 197 cm³/mol. The number of carbonyl (C=O) groups excluding carboxylic acids is 1. The second kappa shape index (κ2) is 11.0. The van der Waals surface area contributed by atoms with Crippen molar-refractivity contribution in [2.45, 2.75) is 71.4 Å². The molecule has 6 aromatic rings. The van der Waals surface area contributed by atoms with Gasteiger partial charge in [0.25, 0.3) is 5.91 Å². The molecule has 4 aromatic heterocycles. The Kier molecular flexibility index (Phi) is 6.89. The van der Waals surface area contributed by atoms with Crippen LogP contribution in [0.5, 0.6) is 0 Å². The Morgan fingerprint density at radius 1 is 0.902 bits per heavy atom. The third-order valence-corrected chi connectivity index (χ3v) is 12.4. The quantitative estimate of drug-likeness (QED) is 0.152. The molecular weight excluding hydrogens is 661 g/mol. The summed E-state index contributed by atoms with van der Waals surface area (Å²) in [6, 6.07) is 16.9. The minimum absolute atomic E-state index is 0.0471. The number of aromatic carboxylic acids is 1. The molecule has 4 aliphatic carbocycles. The molecule has 4 saturated carbocycles. The maximum Gasteiger partial charge on any atom is 0.355 e. The molecule has 4 aliphatic rings. The number of nitrogens with zero attached hydrogens (tertiary/aromatic N) is 5. The van der Waals surface area contributed by atoms with Gasteiger partial charge in [0.15, 0.2) is 10.8 Å². The number of rotatable bonds is 7. The van der Waals surface area contributed by atoms with E-state index in [1.165, 1.54) is 17.5 Å². The van der Waals surface area contributed by atoms with Gasteiger partial charge < -0.3 is 10.2 Å². The molecule has 0 radical (unpaired) electrons. The number of para-hydroxylation sites is 1. The summed E-state index contributed by atoms with van der Waals surface area (Å²) in [6.45, 7) is 7.35. The number of anilines is 1. The zero-order valence-corrected chi connectivity index (χ0v) is 29.5. The molecule has 4 bridgehead atoms. The molecule has 0 spiro atoms. The molecule has 10 nitrogen and oxygen atoms in total. The normalized spacial score (nSPS) is 26.6. The molecule has 1 amide bonds. The van der Waals surface area contributed by atoms with Crippen LogP contribution in [-0.2, 0) is 6.54 Å². The largest absolute Gasteiger partial charge is 0.476 e. The molecule has 10 rings (SSSR count). The average molecular weight is 699 g/mol.